The van der Waals surface area contributed by atoms with Gasteiger partial charge in [-0.05, 0) is 35.2 Å². The number of piperazine rings is 1. The minimum Gasteiger partial charge on any atom is -0.369 e. The smallest absolute Gasteiger partial charge is 0.0396 e. The predicted molar refractivity (Wildman–Crippen MR) is 111 cm³/mol. The standard InChI is InChI=1S/C24H26N2/c1-20-7-5-6-10-24(20)26-17-15-25(16-18-26)19-21-11-13-23(14-12-21)22-8-3-2-4-9-22/h2-14H,15-19H2,1H3. The van der Waals surface area contributed by atoms with E-state index in [0.29, 0.717) is 0 Å². The van der Waals surface area contributed by atoms with E-state index in [-0.39, 0.29) is 0 Å². The Morgan fingerprint density at radius 3 is 1.96 bits per heavy atom. The second-order valence-electron chi connectivity index (χ2n) is 7.11. The number of nitrogens with zero attached hydrogens (tertiary/aromatic N) is 2. The minimum absolute atomic E-state index is 1.04. The average Bonchev–Trinajstić information content (AvgIpc) is 2.70. The number of anilines is 1. The molecule has 1 aliphatic rings. The summed E-state index contributed by atoms with van der Waals surface area (Å²) in [6.45, 7) is 7.69. The lowest BCUT2D eigenvalue weighted by atomic mass is 10.0. The first-order valence-corrected chi connectivity index (χ1v) is 9.47. The van der Waals surface area contributed by atoms with Gasteiger partial charge in [-0.3, -0.25) is 4.90 Å². The third-order valence-electron chi connectivity index (χ3n) is 5.30. The summed E-state index contributed by atoms with van der Waals surface area (Å²) in [6.07, 6.45) is 0. The van der Waals surface area contributed by atoms with Crippen LogP contribution in [0.1, 0.15) is 11.1 Å². The summed E-state index contributed by atoms with van der Waals surface area (Å²) < 4.78 is 0. The Morgan fingerprint density at radius 1 is 0.654 bits per heavy atom. The van der Waals surface area contributed by atoms with E-state index in [9.17, 15) is 0 Å². The predicted octanol–water partition coefficient (Wildman–Crippen LogP) is 4.98. The summed E-state index contributed by atoms with van der Waals surface area (Å²) in [5, 5.41) is 0. The van der Waals surface area contributed by atoms with Crippen LogP contribution >= 0.6 is 0 Å². The van der Waals surface area contributed by atoms with Gasteiger partial charge in [0.1, 0.15) is 0 Å². The Balaban J connectivity index is 1.35. The number of aryl methyl sites for hydroxylation is 1. The Hall–Kier alpha value is -2.58. The maximum absolute atomic E-state index is 2.56. The van der Waals surface area contributed by atoms with E-state index in [1.165, 1.54) is 27.9 Å². The van der Waals surface area contributed by atoms with Crippen LogP contribution in [0.3, 0.4) is 0 Å². The molecule has 0 saturated carbocycles. The molecule has 0 atom stereocenters. The molecule has 1 fully saturated rings. The molecule has 3 aromatic rings. The molecule has 0 amide bonds. The Labute approximate surface area is 156 Å². The van der Waals surface area contributed by atoms with Crippen LogP contribution in [-0.4, -0.2) is 31.1 Å². The van der Waals surface area contributed by atoms with Gasteiger partial charge in [0.05, 0.1) is 0 Å². The van der Waals surface area contributed by atoms with Crippen molar-refractivity contribution in [1.29, 1.82) is 0 Å². The summed E-state index contributed by atoms with van der Waals surface area (Å²) in [5.41, 5.74) is 6.73. The van der Waals surface area contributed by atoms with Gasteiger partial charge in [-0.2, -0.15) is 0 Å². The van der Waals surface area contributed by atoms with E-state index >= 15 is 0 Å². The van der Waals surface area contributed by atoms with Crippen molar-refractivity contribution in [3.05, 3.63) is 90.0 Å². The summed E-state index contributed by atoms with van der Waals surface area (Å²) in [7, 11) is 0. The lowest BCUT2D eigenvalue weighted by Crippen LogP contribution is -2.46. The van der Waals surface area contributed by atoms with E-state index in [0.717, 1.165) is 32.7 Å². The fourth-order valence-electron chi connectivity index (χ4n) is 3.76. The zero-order valence-electron chi connectivity index (χ0n) is 15.4. The van der Waals surface area contributed by atoms with Crippen LogP contribution in [0.5, 0.6) is 0 Å². The van der Waals surface area contributed by atoms with E-state index in [2.05, 4.69) is 95.6 Å². The summed E-state index contributed by atoms with van der Waals surface area (Å²) in [4.78, 5) is 5.08. The highest BCUT2D eigenvalue weighted by atomic mass is 15.3. The van der Waals surface area contributed by atoms with Gasteiger partial charge in [0, 0.05) is 38.4 Å². The molecule has 2 nitrogen and oxygen atoms in total. The van der Waals surface area contributed by atoms with Crippen molar-refractivity contribution in [3.63, 3.8) is 0 Å². The third-order valence-corrected chi connectivity index (χ3v) is 5.30. The largest absolute Gasteiger partial charge is 0.369 e. The fraction of sp³-hybridized carbons (Fsp3) is 0.250. The maximum Gasteiger partial charge on any atom is 0.0396 e. The fourth-order valence-corrected chi connectivity index (χ4v) is 3.76. The van der Waals surface area contributed by atoms with Gasteiger partial charge in [-0.15, -0.1) is 0 Å². The molecule has 0 N–H and O–H groups in total. The van der Waals surface area contributed by atoms with Crippen molar-refractivity contribution in [1.82, 2.24) is 4.90 Å². The Morgan fingerprint density at radius 2 is 1.27 bits per heavy atom. The summed E-state index contributed by atoms with van der Waals surface area (Å²) in [6, 6.07) is 28.3. The second kappa shape index (κ2) is 7.76. The van der Waals surface area contributed by atoms with Crippen LogP contribution in [0.2, 0.25) is 0 Å². The molecule has 1 heterocycles. The average molecular weight is 342 g/mol. The first-order valence-electron chi connectivity index (χ1n) is 9.47. The molecular formula is C24H26N2. The van der Waals surface area contributed by atoms with Crippen molar-refractivity contribution >= 4 is 5.69 Å². The highest BCUT2D eigenvalue weighted by Crippen LogP contribution is 2.22. The molecular weight excluding hydrogens is 316 g/mol. The quantitative estimate of drug-likeness (QED) is 0.659. The van der Waals surface area contributed by atoms with Gasteiger partial charge >= 0.3 is 0 Å². The molecule has 1 saturated heterocycles. The van der Waals surface area contributed by atoms with Crippen LogP contribution in [0, 0.1) is 6.92 Å². The third kappa shape index (κ3) is 3.81. The molecule has 0 bridgehead atoms. The van der Waals surface area contributed by atoms with Crippen molar-refractivity contribution in [2.75, 3.05) is 31.1 Å². The molecule has 2 heteroatoms. The zero-order chi connectivity index (χ0) is 17.8. The molecule has 0 spiro atoms. The first-order chi connectivity index (χ1) is 12.8. The molecule has 4 rings (SSSR count). The van der Waals surface area contributed by atoms with Gasteiger partial charge in [0.2, 0.25) is 0 Å². The molecule has 0 aromatic heterocycles. The molecule has 26 heavy (non-hydrogen) atoms. The van der Waals surface area contributed by atoms with Gasteiger partial charge < -0.3 is 4.90 Å². The van der Waals surface area contributed by atoms with Crippen LogP contribution in [-0.2, 0) is 6.54 Å². The number of benzene rings is 3. The van der Waals surface area contributed by atoms with Gasteiger partial charge in [0.25, 0.3) is 0 Å². The van der Waals surface area contributed by atoms with Crippen LogP contribution in [0.15, 0.2) is 78.9 Å². The van der Waals surface area contributed by atoms with E-state index in [1.807, 2.05) is 0 Å². The number of hydrogen-bond donors (Lipinski definition) is 0. The first kappa shape index (κ1) is 16.9. The SMILES string of the molecule is Cc1ccccc1N1CCN(Cc2ccc(-c3ccccc3)cc2)CC1. The van der Waals surface area contributed by atoms with Crippen molar-refractivity contribution in [2.24, 2.45) is 0 Å². The van der Waals surface area contributed by atoms with Crippen molar-refractivity contribution < 1.29 is 0 Å². The summed E-state index contributed by atoms with van der Waals surface area (Å²) in [5.74, 6) is 0. The lowest BCUT2D eigenvalue weighted by molar-refractivity contribution is 0.250. The van der Waals surface area contributed by atoms with Crippen LogP contribution in [0.4, 0.5) is 5.69 Å². The zero-order valence-corrected chi connectivity index (χ0v) is 15.4. The minimum atomic E-state index is 1.04. The summed E-state index contributed by atoms with van der Waals surface area (Å²) >= 11 is 0. The van der Waals surface area contributed by atoms with Crippen molar-refractivity contribution in [2.45, 2.75) is 13.5 Å². The van der Waals surface area contributed by atoms with Gasteiger partial charge in [-0.25, -0.2) is 0 Å². The number of hydrogen-bond acceptors (Lipinski definition) is 2. The van der Waals surface area contributed by atoms with Crippen LogP contribution in [0.25, 0.3) is 11.1 Å². The molecule has 3 aromatic carbocycles. The monoisotopic (exact) mass is 342 g/mol. The van der Waals surface area contributed by atoms with Gasteiger partial charge in [-0.1, -0.05) is 72.8 Å². The Kier molecular flexibility index (Phi) is 5.03. The molecule has 1 aliphatic heterocycles. The van der Waals surface area contributed by atoms with Crippen LogP contribution < -0.4 is 4.90 Å². The molecule has 0 radical (unpaired) electrons. The molecule has 0 aliphatic carbocycles. The number of para-hydroxylation sites is 1. The van der Waals surface area contributed by atoms with E-state index in [4.69, 9.17) is 0 Å². The highest BCUT2D eigenvalue weighted by molar-refractivity contribution is 5.63. The molecule has 0 unspecified atom stereocenters. The lowest BCUT2D eigenvalue weighted by Gasteiger charge is -2.36. The highest BCUT2D eigenvalue weighted by Gasteiger charge is 2.18. The van der Waals surface area contributed by atoms with Gasteiger partial charge in [0.15, 0.2) is 0 Å². The number of rotatable bonds is 4. The van der Waals surface area contributed by atoms with Crippen molar-refractivity contribution in [3.8, 4) is 11.1 Å². The topological polar surface area (TPSA) is 6.48 Å². The Bertz CT molecular complexity index is 832. The normalized spacial score (nSPS) is 15.2. The second-order valence-corrected chi connectivity index (χ2v) is 7.11. The van der Waals surface area contributed by atoms with E-state index in [1.54, 1.807) is 0 Å². The van der Waals surface area contributed by atoms with E-state index < -0.39 is 0 Å². The maximum atomic E-state index is 2.56. The molecule has 132 valence electrons.